The van der Waals surface area contributed by atoms with Crippen LogP contribution in [0.2, 0.25) is 10.2 Å². The van der Waals surface area contributed by atoms with Gasteiger partial charge in [0, 0.05) is 35.3 Å². The third kappa shape index (κ3) is 5.67. The van der Waals surface area contributed by atoms with E-state index in [0.29, 0.717) is 33.4 Å². The summed E-state index contributed by atoms with van der Waals surface area (Å²) in [5.74, 6) is -0.843. The molecule has 0 atom stereocenters. The second-order valence-electron chi connectivity index (χ2n) is 8.46. The Labute approximate surface area is 239 Å². The van der Waals surface area contributed by atoms with Crippen LogP contribution in [0.3, 0.4) is 0 Å². The highest BCUT2D eigenvalue weighted by molar-refractivity contribution is 7.16. The number of anilines is 1. The summed E-state index contributed by atoms with van der Waals surface area (Å²) in [4.78, 5) is 45.0. The first-order chi connectivity index (χ1) is 19.1. The fourth-order valence-electron chi connectivity index (χ4n) is 4.05. The van der Waals surface area contributed by atoms with Crippen LogP contribution in [0.1, 0.15) is 37.0 Å². The number of nitrogens with one attached hydrogen (secondary N) is 1. The molecule has 2 amide bonds. The minimum absolute atomic E-state index is 0.0398. The molecular formula is C25H18Cl2F2N6O4S. The standard InChI is InChI=1S/C25H18Cl2F2N6O4S/c1-11-3-12(13-4-20(27)31-8-18(13)38-2)14(6-30-11)22(36)34-25-33-17-9-35(10-19(17)40-25)23(37)15-7-32-21(5-16(15)26)39-24(28)29/h3-8,24H,9-10H2,1-2H3,(H,33,34,36). The molecule has 0 unspecified atom stereocenters. The Morgan fingerprint density at radius 1 is 1.05 bits per heavy atom. The van der Waals surface area contributed by atoms with E-state index < -0.39 is 24.3 Å². The second kappa shape index (κ2) is 11.3. The number of amides is 2. The van der Waals surface area contributed by atoms with Crippen molar-refractivity contribution in [3.63, 3.8) is 0 Å². The van der Waals surface area contributed by atoms with Gasteiger partial charge in [0.15, 0.2) is 5.13 Å². The van der Waals surface area contributed by atoms with Gasteiger partial charge >= 0.3 is 6.61 Å². The molecule has 0 aliphatic carbocycles. The summed E-state index contributed by atoms with van der Waals surface area (Å²) >= 11 is 13.4. The number of carbonyl (C=O) groups excluding carboxylic acids is 2. The van der Waals surface area contributed by atoms with Crippen LogP contribution in [0.25, 0.3) is 11.1 Å². The highest BCUT2D eigenvalue weighted by Gasteiger charge is 2.30. The first kappa shape index (κ1) is 27.6. The summed E-state index contributed by atoms with van der Waals surface area (Å²) in [6.07, 6.45) is 4.03. The molecular weight excluding hydrogens is 589 g/mol. The number of ether oxygens (including phenoxy) is 2. The lowest BCUT2D eigenvalue weighted by molar-refractivity contribution is -0.0528. The molecule has 0 radical (unpaired) electrons. The molecule has 0 spiro atoms. The van der Waals surface area contributed by atoms with Crippen LogP contribution >= 0.6 is 34.5 Å². The van der Waals surface area contributed by atoms with Crippen molar-refractivity contribution in [2.75, 3.05) is 12.4 Å². The average molecular weight is 607 g/mol. The Bertz CT molecular complexity index is 1610. The Hall–Kier alpha value is -3.94. The predicted octanol–water partition coefficient (Wildman–Crippen LogP) is 5.63. The summed E-state index contributed by atoms with van der Waals surface area (Å²) in [7, 11) is 1.49. The molecule has 206 valence electrons. The predicted molar refractivity (Wildman–Crippen MR) is 143 cm³/mol. The average Bonchev–Trinajstić information content (AvgIpc) is 3.47. The molecule has 0 aromatic carbocycles. The smallest absolute Gasteiger partial charge is 0.388 e. The lowest BCUT2D eigenvalue weighted by Gasteiger charge is -2.16. The van der Waals surface area contributed by atoms with Crippen LogP contribution in [0, 0.1) is 6.92 Å². The monoisotopic (exact) mass is 606 g/mol. The molecule has 0 saturated heterocycles. The quantitative estimate of drug-likeness (QED) is 0.269. The van der Waals surface area contributed by atoms with Crippen LogP contribution in [0.4, 0.5) is 13.9 Å². The Balaban J connectivity index is 1.32. The summed E-state index contributed by atoms with van der Waals surface area (Å²) in [6.45, 7) is -0.882. The molecule has 0 fully saturated rings. The number of rotatable bonds is 7. The van der Waals surface area contributed by atoms with Gasteiger partial charge in [-0.25, -0.2) is 15.0 Å². The number of thiazole rings is 1. The van der Waals surface area contributed by atoms with Gasteiger partial charge < -0.3 is 14.4 Å². The minimum atomic E-state index is -3.06. The Kier molecular flexibility index (Phi) is 7.79. The largest absolute Gasteiger partial charge is 0.494 e. The van der Waals surface area contributed by atoms with Crippen molar-refractivity contribution in [3.8, 4) is 22.8 Å². The molecule has 5 rings (SSSR count). The summed E-state index contributed by atoms with van der Waals surface area (Å²) < 4.78 is 34.4. The second-order valence-corrected chi connectivity index (χ2v) is 10.3. The maximum absolute atomic E-state index is 13.3. The van der Waals surface area contributed by atoms with Crippen molar-refractivity contribution in [3.05, 3.63) is 74.4 Å². The van der Waals surface area contributed by atoms with Gasteiger partial charge in [0.1, 0.15) is 10.9 Å². The molecule has 0 saturated carbocycles. The SMILES string of the molecule is COc1cnc(Cl)cc1-c1cc(C)ncc1C(=O)Nc1nc2c(s1)CN(C(=O)c1cnc(OC(F)F)cc1Cl)C2. The van der Waals surface area contributed by atoms with Gasteiger partial charge in [0.2, 0.25) is 5.88 Å². The van der Waals surface area contributed by atoms with Crippen LogP contribution in [-0.4, -0.2) is 50.4 Å². The normalized spacial score (nSPS) is 12.4. The molecule has 4 aromatic rings. The number of carbonyl (C=O) groups is 2. The Morgan fingerprint density at radius 3 is 2.52 bits per heavy atom. The van der Waals surface area contributed by atoms with E-state index in [0.717, 1.165) is 17.1 Å². The minimum Gasteiger partial charge on any atom is -0.494 e. The number of halogens is 4. The third-order valence-electron chi connectivity index (χ3n) is 5.86. The number of fused-ring (bicyclic) bond motifs is 1. The number of aryl methyl sites for hydroxylation is 1. The summed E-state index contributed by atoms with van der Waals surface area (Å²) in [6, 6.07) is 4.42. The van der Waals surface area contributed by atoms with Gasteiger partial charge in [-0.1, -0.05) is 34.5 Å². The van der Waals surface area contributed by atoms with Crippen LogP contribution < -0.4 is 14.8 Å². The van der Waals surface area contributed by atoms with E-state index in [2.05, 4.69) is 30.0 Å². The highest BCUT2D eigenvalue weighted by atomic mass is 35.5. The van der Waals surface area contributed by atoms with Gasteiger partial charge in [-0.15, -0.1) is 0 Å². The fraction of sp³-hybridized carbons (Fsp3) is 0.200. The van der Waals surface area contributed by atoms with Gasteiger partial charge in [0.05, 0.1) is 53.1 Å². The van der Waals surface area contributed by atoms with Gasteiger partial charge in [-0.3, -0.25) is 19.9 Å². The number of aromatic nitrogens is 4. The molecule has 15 heteroatoms. The van der Waals surface area contributed by atoms with E-state index in [4.69, 9.17) is 27.9 Å². The fourth-order valence-corrected chi connectivity index (χ4v) is 5.41. The van der Waals surface area contributed by atoms with Gasteiger partial charge in [-0.05, 0) is 19.1 Å². The molecule has 1 aliphatic rings. The van der Waals surface area contributed by atoms with Crippen molar-refractivity contribution in [2.45, 2.75) is 26.6 Å². The zero-order valence-corrected chi connectivity index (χ0v) is 23.1. The molecule has 10 nitrogen and oxygen atoms in total. The van der Waals surface area contributed by atoms with E-state index in [1.54, 1.807) is 19.1 Å². The van der Waals surface area contributed by atoms with Crippen molar-refractivity contribution < 1.29 is 27.8 Å². The first-order valence-corrected chi connectivity index (χ1v) is 13.1. The van der Waals surface area contributed by atoms with E-state index in [1.807, 2.05) is 0 Å². The van der Waals surface area contributed by atoms with Gasteiger partial charge in [-0.2, -0.15) is 8.78 Å². The lowest BCUT2D eigenvalue weighted by Crippen LogP contribution is -2.26. The maximum Gasteiger partial charge on any atom is 0.388 e. The number of alkyl halides is 2. The van der Waals surface area contributed by atoms with Crippen molar-refractivity contribution in [2.24, 2.45) is 0 Å². The number of pyridine rings is 3. The zero-order chi connectivity index (χ0) is 28.6. The molecule has 40 heavy (non-hydrogen) atoms. The number of hydrogen-bond acceptors (Lipinski definition) is 9. The van der Waals surface area contributed by atoms with Crippen molar-refractivity contribution in [1.29, 1.82) is 0 Å². The van der Waals surface area contributed by atoms with E-state index in [1.165, 1.54) is 35.7 Å². The summed E-state index contributed by atoms with van der Waals surface area (Å²) in [5, 5.41) is 3.32. The number of hydrogen-bond donors (Lipinski definition) is 1. The third-order valence-corrected chi connectivity index (χ3v) is 7.38. The van der Waals surface area contributed by atoms with Crippen molar-refractivity contribution in [1.82, 2.24) is 24.8 Å². The van der Waals surface area contributed by atoms with Gasteiger partial charge in [0.25, 0.3) is 11.8 Å². The van der Waals surface area contributed by atoms with Crippen LogP contribution in [0.5, 0.6) is 11.6 Å². The summed E-state index contributed by atoms with van der Waals surface area (Å²) in [5.41, 5.74) is 2.75. The van der Waals surface area contributed by atoms with E-state index >= 15 is 0 Å². The molecule has 1 aliphatic heterocycles. The van der Waals surface area contributed by atoms with Crippen LogP contribution in [-0.2, 0) is 13.1 Å². The topological polar surface area (TPSA) is 119 Å². The highest BCUT2D eigenvalue weighted by Crippen LogP contribution is 2.36. The molecule has 1 N–H and O–H groups in total. The first-order valence-electron chi connectivity index (χ1n) is 11.5. The zero-order valence-electron chi connectivity index (χ0n) is 20.7. The van der Waals surface area contributed by atoms with E-state index in [9.17, 15) is 18.4 Å². The maximum atomic E-state index is 13.3. The number of methoxy groups -OCH3 is 1. The van der Waals surface area contributed by atoms with Crippen LogP contribution in [0.15, 0.2) is 36.8 Å². The Morgan fingerprint density at radius 2 is 1.82 bits per heavy atom. The van der Waals surface area contributed by atoms with E-state index in [-0.39, 0.29) is 34.4 Å². The lowest BCUT2D eigenvalue weighted by atomic mass is 10.0. The van der Waals surface area contributed by atoms with Crippen molar-refractivity contribution >= 4 is 51.5 Å². The molecule has 0 bridgehead atoms. The number of nitrogens with zero attached hydrogens (tertiary/aromatic N) is 5. The molecule has 5 heterocycles. The molecule has 4 aromatic heterocycles.